The van der Waals surface area contributed by atoms with Crippen LogP contribution in [-0.2, 0) is 73.5 Å². The van der Waals surface area contributed by atoms with Crippen LogP contribution in [-0.4, -0.2) is 243 Å². The summed E-state index contributed by atoms with van der Waals surface area (Å²) in [7, 11) is 0. The van der Waals surface area contributed by atoms with E-state index in [0.29, 0.717) is 10.6 Å². The molecular formula is C55H89ClN16O21. The molecule has 0 aliphatic rings. The Morgan fingerprint density at radius 2 is 0.914 bits per heavy atom. The molecule has 0 saturated heterocycles. The monoisotopic (exact) mass is 1340 g/mol. The molecule has 0 aliphatic carbocycles. The van der Waals surface area contributed by atoms with Gasteiger partial charge < -0.3 is 117 Å². The quantitative estimate of drug-likeness (QED) is 0.0164. The number of guanidine groups is 1. The molecule has 0 fully saturated rings. The number of benzene rings is 1. The minimum Gasteiger partial charge on any atom is -0.481 e. The van der Waals surface area contributed by atoms with E-state index in [9.17, 15) is 97.8 Å². The van der Waals surface area contributed by atoms with Gasteiger partial charge in [0.15, 0.2) is 5.96 Å². The van der Waals surface area contributed by atoms with Crippen molar-refractivity contribution in [3.63, 3.8) is 0 Å². The van der Waals surface area contributed by atoms with Gasteiger partial charge in [0.2, 0.25) is 70.9 Å². The first-order valence-corrected chi connectivity index (χ1v) is 29.6. The molecular weight excluding hydrogens is 1260 g/mol. The number of carboxylic acid groups (broad SMARTS) is 2. The van der Waals surface area contributed by atoms with Crippen LogP contribution in [0.5, 0.6) is 0 Å². The minimum atomic E-state index is -2.00. The molecule has 0 aromatic heterocycles. The van der Waals surface area contributed by atoms with Gasteiger partial charge in [-0.1, -0.05) is 51.4 Å². The van der Waals surface area contributed by atoms with Crippen LogP contribution in [0.3, 0.4) is 0 Å². The zero-order valence-corrected chi connectivity index (χ0v) is 53.1. The third-order valence-electron chi connectivity index (χ3n) is 13.3. The number of carbonyl (C=O) groups excluding carboxylic acids is 12. The molecule has 1 aromatic rings. The number of nitrogens with zero attached hydrogens (tertiary/aromatic N) is 1. The van der Waals surface area contributed by atoms with E-state index in [0.717, 1.165) is 20.8 Å². The van der Waals surface area contributed by atoms with E-state index < -0.39 is 213 Å². The van der Waals surface area contributed by atoms with Crippen molar-refractivity contribution in [2.45, 2.75) is 166 Å². The van der Waals surface area contributed by atoms with Crippen LogP contribution in [0.1, 0.15) is 86.1 Å². The smallest absolute Gasteiger partial charge is 0.322 e. The van der Waals surface area contributed by atoms with Crippen LogP contribution in [0, 0.1) is 11.8 Å². The molecule has 522 valence electrons. The van der Waals surface area contributed by atoms with Crippen molar-refractivity contribution in [1.82, 2.24) is 63.8 Å². The van der Waals surface area contributed by atoms with Gasteiger partial charge in [0, 0.05) is 24.4 Å². The molecule has 93 heavy (non-hydrogen) atoms. The molecule has 0 spiro atoms. The van der Waals surface area contributed by atoms with Gasteiger partial charge in [-0.15, -0.1) is 0 Å². The largest absolute Gasteiger partial charge is 0.481 e. The molecule has 0 aliphatic heterocycles. The van der Waals surface area contributed by atoms with Crippen molar-refractivity contribution in [1.29, 1.82) is 0 Å². The van der Waals surface area contributed by atoms with Crippen LogP contribution in [0.15, 0.2) is 29.3 Å². The minimum absolute atomic E-state index is 0.0784. The van der Waals surface area contributed by atoms with E-state index >= 15 is 0 Å². The first kappa shape index (κ1) is 82.1. The third-order valence-corrected chi connectivity index (χ3v) is 13.6. The van der Waals surface area contributed by atoms with Gasteiger partial charge in [0.05, 0.1) is 44.6 Å². The third kappa shape index (κ3) is 30.9. The van der Waals surface area contributed by atoms with Gasteiger partial charge >= 0.3 is 11.9 Å². The first-order valence-electron chi connectivity index (χ1n) is 29.2. The fourth-order valence-corrected chi connectivity index (χ4v) is 8.32. The van der Waals surface area contributed by atoms with Crippen molar-refractivity contribution in [2.24, 2.45) is 34.0 Å². The Balaban J connectivity index is 3.24. The summed E-state index contributed by atoms with van der Waals surface area (Å²) < 4.78 is 0. The normalized spacial score (nSPS) is 15.3. The highest BCUT2D eigenvalue weighted by atomic mass is 35.5. The zero-order valence-electron chi connectivity index (χ0n) is 52.4. The molecule has 25 N–H and O–H groups in total. The fraction of sp³-hybridized carbons (Fsp3) is 0.618. The van der Waals surface area contributed by atoms with Crippen molar-refractivity contribution in [3.8, 4) is 0 Å². The maximum absolute atomic E-state index is 14.1. The summed E-state index contributed by atoms with van der Waals surface area (Å²) >= 11 is 6.05. The number of nitrogens with one attached hydrogen (secondary N) is 12. The Labute approximate surface area is 539 Å². The summed E-state index contributed by atoms with van der Waals surface area (Å²) in [4.78, 5) is 187. The molecule has 1 aromatic carbocycles. The summed E-state index contributed by atoms with van der Waals surface area (Å²) in [6, 6.07) is -12.2. The molecule has 0 heterocycles. The van der Waals surface area contributed by atoms with Crippen LogP contribution in [0.4, 0.5) is 0 Å². The molecule has 13 atom stereocenters. The number of nitrogens with two attached hydrogens (primary N) is 3. The Morgan fingerprint density at radius 3 is 1.39 bits per heavy atom. The highest BCUT2D eigenvalue weighted by Gasteiger charge is 2.37. The number of hydrogen-bond donors (Lipinski definition) is 22. The standard InChI is InChI=1S/C55H89ClN16O21/c1-24(2)17-33(66-54(93)43(28(7)77)72-48(87)34(18-29-10-12-30(56)13-11-29)65-50(89)36(22-74)68-45(84)31(57)9-8-16-60-55(58)59)47(86)63-26(5)44(83)67-35(21-73)51(90)69-37(23-75)49(88)64-32(14-15-39(79)80)46(85)71-42(27(6)76)53(92)61-19-38(78)70-41(25(3)4)52(91)62-20-40(81)82/h10-13,24-28,31-37,41-43,73-77H,8-9,14-23,57H2,1-7H3,(H,61,92)(H,62,91)(H,63,86)(H,64,88)(H,65,89)(H,66,93)(H,67,83)(H,68,84)(H,69,90)(H,70,78)(H,71,85)(H,72,87)(H,79,80)(H,81,82)(H4,58,59,60)/t26-,27+,28+,31-,32-,33-,34-,35-,36-,37-,41-,42-,43-/m0/s1. The number of aliphatic hydroxyl groups is 5. The number of hydrogen-bond acceptors (Lipinski definition) is 21. The highest BCUT2D eigenvalue weighted by molar-refractivity contribution is 6.30. The lowest BCUT2D eigenvalue weighted by atomic mass is 10.0. The lowest BCUT2D eigenvalue weighted by Crippen LogP contribution is -2.62. The number of carbonyl (C=O) groups is 14. The van der Waals surface area contributed by atoms with Crippen molar-refractivity contribution >= 4 is 100 Å². The SMILES string of the molecule is CC(C)C[C@H](NC(=O)[C@@H](NC(=O)[C@H](Cc1ccc(Cl)cc1)NC(=O)[C@H](CO)NC(=O)[C@@H](N)CCCN=C(N)N)[C@@H](C)O)C(=O)N[C@@H](C)C(=O)N[C@@H](CO)C(=O)N[C@@H](CO)C(=O)N[C@@H](CCC(=O)O)C(=O)N[C@H](C(=O)NCC(=O)N[C@H](C(=O)NCC(=O)O)C(C)C)[C@@H](C)O. The molecule has 1 rings (SSSR count). The van der Waals surface area contributed by atoms with Gasteiger partial charge in [-0.05, 0) is 76.0 Å². The average molecular weight is 1350 g/mol. The molecule has 38 heteroatoms. The Hall–Kier alpha value is -8.88. The number of rotatable bonds is 42. The predicted molar refractivity (Wildman–Crippen MR) is 327 cm³/mol. The Bertz CT molecular complexity index is 2770. The highest BCUT2D eigenvalue weighted by Crippen LogP contribution is 2.13. The second kappa shape index (κ2) is 41.6. The van der Waals surface area contributed by atoms with Gasteiger partial charge in [-0.25, -0.2) is 0 Å². The molecule has 0 unspecified atom stereocenters. The number of carboxylic acids is 2. The molecule has 0 bridgehead atoms. The first-order chi connectivity index (χ1) is 43.5. The Kier molecular flexibility index (Phi) is 36.7. The topological polar surface area (TPSA) is 615 Å². The second-order valence-corrected chi connectivity index (χ2v) is 22.6. The molecule has 0 radical (unpaired) electrons. The van der Waals surface area contributed by atoms with E-state index in [-0.39, 0.29) is 44.1 Å². The maximum atomic E-state index is 14.1. The number of amides is 12. The number of aliphatic imine (C=N–C) groups is 1. The fourth-order valence-electron chi connectivity index (χ4n) is 8.20. The average Bonchev–Trinajstić information content (AvgIpc) is 1.13. The predicted octanol–water partition coefficient (Wildman–Crippen LogP) is -9.25. The second-order valence-electron chi connectivity index (χ2n) is 22.2. The van der Waals surface area contributed by atoms with E-state index in [2.05, 4.69) is 63.5 Å². The van der Waals surface area contributed by atoms with Crippen LogP contribution < -0.4 is 81.0 Å². The summed E-state index contributed by atoms with van der Waals surface area (Å²) in [5.74, 6) is -17.2. The van der Waals surface area contributed by atoms with Gasteiger partial charge in [0.25, 0.3) is 0 Å². The van der Waals surface area contributed by atoms with Crippen LogP contribution in [0.25, 0.3) is 0 Å². The molecule has 0 saturated carbocycles. The van der Waals surface area contributed by atoms with Gasteiger partial charge in [0.1, 0.15) is 67.0 Å². The van der Waals surface area contributed by atoms with E-state index in [1.165, 1.54) is 38.1 Å². The summed E-state index contributed by atoms with van der Waals surface area (Å²) in [5, 5.41) is 97.1. The lowest BCUT2D eigenvalue weighted by Gasteiger charge is -2.28. The number of aliphatic hydroxyl groups excluding tert-OH is 5. The van der Waals surface area contributed by atoms with Gasteiger partial charge in [-0.2, -0.15) is 0 Å². The number of halogens is 1. The lowest BCUT2D eigenvalue weighted by molar-refractivity contribution is -0.139. The van der Waals surface area contributed by atoms with E-state index in [1.54, 1.807) is 13.8 Å². The zero-order chi connectivity index (χ0) is 71.0. The van der Waals surface area contributed by atoms with Crippen LogP contribution in [0.2, 0.25) is 5.02 Å². The van der Waals surface area contributed by atoms with Crippen molar-refractivity contribution in [2.75, 3.05) is 39.5 Å². The molecule has 37 nitrogen and oxygen atoms in total. The summed E-state index contributed by atoms with van der Waals surface area (Å²) in [6.07, 6.45) is -4.93. The Morgan fingerprint density at radius 1 is 0.484 bits per heavy atom. The van der Waals surface area contributed by atoms with Crippen LogP contribution >= 0.6 is 11.6 Å². The van der Waals surface area contributed by atoms with Crippen molar-refractivity contribution in [3.05, 3.63) is 34.9 Å². The summed E-state index contributed by atoms with van der Waals surface area (Å²) in [6.45, 7) is 4.89. The van der Waals surface area contributed by atoms with Gasteiger partial charge in [-0.3, -0.25) is 72.1 Å². The molecule has 12 amide bonds. The van der Waals surface area contributed by atoms with E-state index in [4.69, 9.17) is 33.9 Å². The summed E-state index contributed by atoms with van der Waals surface area (Å²) in [5.41, 5.74) is 17.0. The van der Waals surface area contributed by atoms with E-state index in [1.807, 2.05) is 5.32 Å². The maximum Gasteiger partial charge on any atom is 0.322 e. The number of aliphatic carboxylic acids is 2. The van der Waals surface area contributed by atoms with Crippen molar-refractivity contribution < 1.29 is 103 Å².